The van der Waals surface area contributed by atoms with Gasteiger partial charge in [-0.1, -0.05) is 37.1 Å². The molecule has 1 aromatic rings. The Balaban J connectivity index is 1.78. The maximum atomic E-state index is 12.6. The highest BCUT2D eigenvalue weighted by Gasteiger charge is 2.22. The molecule has 0 bridgehead atoms. The number of hydrogen-bond acceptors (Lipinski definition) is 4. The van der Waals surface area contributed by atoms with E-state index in [1.165, 1.54) is 11.3 Å². The molecule has 0 aliphatic heterocycles. The van der Waals surface area contributed by atoms with Crippen molar-refractivity contribution in [3.63, 3.8) is 0 Å². The highest BCUT2D eigenvalue weighted by molar-refractivity contribution is 7.09. The van der Waals surface area contributed by atoms with E-state index in [9.17, 15) is 9.59 Å². The van der Waals surface area contributed by atoms with Crippen molar-refractivity contribution < 1.29 is 14.3 Å². The molecule has 0 fully saturated rings. The molecule has 1 amide bonds. The first-order valence-electron chi connectivity index (χ1n) is 10.2. The monoisotopic (exact) mass is 403 g/mol. The quantitative estimate of drug-likeness (QED) is 0.455. The topological polar surface area (TPSA) is 46.6 Å². The third-order valence-electron chi connectivity index (χ3n) is 4.58. The Labute approximate surface area is 173 Å². The number of unbranched alkanes of at least 4 members (excludes halogenated alkanes) is 3. The van der Waals surface area contributed by atoms with Gasteiger partial charge in [-0.25, -0.2) is 4.79 Å². The third kappa shape index (κ3) is 8.42. The number of nitrogens with zero attached hydrogens (tertiary/aromatic N) is 1. The Hall–Kier alpha value is -1.88. The van der Waals surface area contributed by atoms with Crippen LogP contribution in [0.5, 0.6) is 0 Å². The van der Waals surface area contributed by atoms with Gasteiger partial charge in [0.15, 0.2) is 5.78 Å². The molecule has 0 unspecified atom stereocenters. The zero-order chi connectivity index (χ0) is 20.4. The van der Waals surface area contributed by atoms with E-state index in [0.29, 0.717) is 25.9 Å². The van der Waals surface area contributed by atoms with Gasteiger partial charge in [-0.3, -0.25) is 4.79 Å². The summed E-state index contributed by atoms with van der Waals surface area (Å²) < 4.78 is 5.56. The van der Waals surface area contributed by atoms with E-state index in [4.69, 9.17) is 4.74 Å². The molecule has 154 valence electrons. The van der Waals surface area contributed by atoms with E-state index >= 15 is 0 Å². The van der Waals surface area contributed by atoms with Crippen molar-refractivity contribution in [1.29, 1.82) is 0 Å². The van der Waals surface area contributed by atoms with E-state index < -0.39 is 5.60 Å². The van der Waals surface area contributed by atoms with Gasteiger partial charge in [-0.15, -0.1) is 11.3 Å². The second kappa shape index (κ2) is 11.2. The smallest absolute Gasteiger partial charge is 0.410 e. The van der Waals surface area contributed by atoms with E-state index in [1.807, 2.05) is 50.3 Å². The number of allylic oxidation sites excluding steroid dienone is 3. The first kappa shape index (κ1) is 22.4. The lowest BCUT2D eigenvalue weighted by Crippen LogP contribution is -2.38. The Bertz CT molecular complexity index is 683. The standard InChI is InChI=1S/C23H33NO3S/c1-23(2,3)27-22(26)24(17-15-19-11-7-8-14-21(19)25)16-9-5-4-6-12-20-13-10-18-28-20/h7-8,10-11,13,18H,4-6,9,12,14-17H2,1-3H3. The minimum atomic E-state index is -0.515. The second-order valence-electron chi connectivity index (χ2n) is 8.21. The van der Waals surface area contributed by atoms with Crippen LogP contribution in [0.4, 0.5) is 4.79 Å². The fraction of sp³-hybridized carbons (Fsp3) is 0.565. The number of hydrogen-bond donors (Lipinski definition) is 0. The Morgan fingerprint density at radius 1 is 1.14 bits per heavy atom. The molecule has 1 aromatic heterocycles. The number of ketones is 1. The summed E-state index contributed by atoms with van der Waals surface area (Å²) in [5.41, 5.74) is 0.283. The lowest BCUT2D eigenvalue weighted by Gasteiger charge is -2.28. The predicted octanol–water partition coefficient (Wildman–Crippen LogP) is 5.93. The van der Waals surface area contributed by atoms with Gasteiger partial charge in [-0.05, 0) is 63.5 Å². The van der Waals surface area contributed by atoms with Gasteiger partial charge in [0.25, 0.3) is 0 Å². The number of carbonyl (C=O) groups is 2. The molecule has 0 saturated carbocycles. The zero-order valence-corrected chi connectivity index (χ0v) is 18.2. The number of Topliss-reactive ketones (excluding diaryl/α,β-unsaturated/α-hetero) is 1. The van der Waals surface area contributed by atoms with Crippen LogP contribution < -0.4 is 0 Å². The first-order valence-corrected chi connectivity index (χ1v) is 11.1. The van der Waals surface area contributed by atoms with Crippen LogP contribution in [0.1, 0.15) is 64.2 Å². The average molecular weight is 404 g/mol. The van der Waals surface area contributed by atoms with E-state index in [1.54, 1.807) is 4.90 Å². The summed E-state index contributed by atoms with van der Waals surface area (Å²) >= 11 is 1.81. The zero-order valence-electron chi connectivity index (χ0n) is 17.4. The van der Waals surface area contributed by atoms with Crippen molar-refractivity contribution in [3.05, 3.63) is 46.2 Å². The van der Waals surface area contributed by atoms with Crippen LogP contribution in [0.15, 0.2) is 41.3 Å². The number of aryl methyl sites for hydroxylation is 1. The summed E-state index contributed by atoms with van der Waals surface area (Å²) in [4.78, 5) is 27.8. The second-order valence-corrected chi connectivity index (χ2v) is 9.24. The van der Waals surface area contributed by atoms with Crippen molar-refractivity contribution in [1.82, 2.24) is 4.90 Å². The lowest BCUT2D eigenvalue weighted by atomic mass is 10.0. The molecule has 0 aromatic carbocycles. The Kier molecular flexibility index (Phi) is 8.97. The number of carbonyl (C=O) groups excluding carboxylic acids is 2. The maximum Gasteiger partial charge on any atom is 0.410 e. The van der Waals surface area contributed by atoms with Gasteiger partial charge in [0.2, 0.25) is 0 Å². The fourth-order valence-electron chi connectivity index (χ4n) is 3.09. The molecule has 1 aliphatic carbocycles. The minimum absolute atomic E-state index is 0.153. The number of ether oxygens (including phenoxy) is 1. The molecule has 28 heavy (non-hydrogen) atoms. The van der Waals surface area contributed by atoms with Crippen molar-refractivity contribution in [2.24, 2.45) is 0 Å². The third-order valence-corrected chi connectivity index (χ3v) is 5.52. The molecule has 1 aliphatic rings. The molecular weight excluding hydrogens is 370 g/mol. The van der Waals surface area contributed by atoms with Gasteiger partial charge in [0.1, 0.15) is 5.60 Å². The van der Waals surface area contributed by atoms with Crippen LogP contribution >= 0.6 is 11.3 Å². The summed E-state index contributed by atoms with van der Waals surface area (Å²) in [5, 5.41) is 2.12. The van der Waals surface area contributed by atoms with E-state index in [0.717, 1.165) is 31.3 Å². The van der Waals surface area contributed by atoms with Gasteiger partial charge >= 0.3 is 6.09 Å². The van der Waals surface area contributed by atoms with Crippen molar-refractivity contribution in [2.45, 2.75) is 71.3 Å². The SMILES string of the molecule is CC(C)(C)OC(=O)N(CCCCCCc1cccs1)CCC1=CC=CCC1=O. The molecule has 0 atom stereocenters. The number of rotatable bonds is 10. The average Bonchev–Trinajstić information content (AvgIpc) is 3.13. The highest BCUT2D eigenvalue weighted by atomic mass is 32.1. The van der Waals surface area contributed by atoms with Gasteiger partial charge in [0.05, 0.1) is 0 Å². The molecule has 4 nitrogen and oxygen atoms in total. The van der Waals surface area contributed by atoms with Crippen LogP contribution in [0, 0.1) is 0 Å². The lowest BCUT2D eigenvalue weighted by molar-refractivity contribution is -0.115. The van der Waals surface area contributed by atoms with E-state index in [2.05, 4.69) is 17.5 Å². The van der Waals surface area contributed by atoms with Crippen LogP contribution in [-0.4, -0.2) is 35.5 Å². The van der Waals surface area contributed by atoms with Crippen LogP contribution in [0.25, 0.3) is 0 Å². The van der Waals surface area contributed by atoms with Crippen molar-refractivity contribution >= 4 is 23.2 Å². The molecule has 1 heterocycles. The summed E-state index contributed by atoms with van der Waals surface area (Å²) in [6.45, 7) is 6.84. The molecule has 0 spiro atoms. The maximum absolute atomic E-state index is 12.6. The molecule has 0 radical (unpaired) electrons. The van der Waals surface area contributed by atoms with Crippen molar-refractivity contribution in [2.75, 3.05) is 13.1 Å². The molecule has 2 rings (SSSR count). The normalized spacial score (nSPS) is 14.1. The molecule has 5 heteroatoms. The largest absolute Gasteiger partial charge is 0.444 e. The first-order chi connectivity index (χ1) is 13.3. The van der Waals surface area contributed by atoms with Gasteiger partial charge in [-0.2, -0.15) is 0 Å². The van der Waals surface area contributed by atoms with E-state index in [-0.39, 0.29) is 11.9 Å². The molecule has 0 saturated heterocycles. The fourth-order valence-corrected chi connectivity index (χ4v) is 3.84. The number of amides is 1. The number of thiophene rings is 1. The predicted molar refractivity (Wildman–Crippen MR) is 116 cm³/mol. The Morgan fingerprint density at radius 2 is 1.93 bits per heavy atom. The minimum Gasteiger partial charge on any atom is -0.444 e. The Morgan fingerprint density at radius 3 is 2.61 bits per heavy atom. The van der Waals surface area contributed by atoms with Crippen molar-refractivity contribution in [3.8, 4) is 0 Å². The van der Waals surface area contributed by atoms with Crippen LogP contribution in [0.2, 0.25) is 0 Å². The summed E-state index contributed by atoms with van der Waals surface area (Å²) in [7, 11) is 0. The van der Waals surface area contributed by atoms with Crippen LogP contribution in [0.3, 0.4) is 0 Å². The van der Waals surface area contributed by atoms with Gasteiger partial charge in [0, 0.05) is 24.4 Å². The highest BCUT2D eigenvalue weighted by Crippen LogP contribution is 2.17. The molecule has 0 N–H and O–H groups in total. The summed E-state index contributed by atoms with van der Waals surface area (Å²) in [5.74, 6) is 0.153. The molecular formula is C23H33NO3S. The van der Waals surface area contributed by atoms with Gasteiger partial charge < -0.3 is 9.64 Å². The van der Waals surface area contributed by atoms with Crippen LogP contribution in [-0.2, 0) is 16.0 Å². The summed E-state index contributed by atoms with van der Waals surface area (Å²) in [6, 6.07) is 4.28. The summed E-state index contributed by atoms with van der Waals surface area (Å²) in [6.07, 6.45) is 11.9.